The van der Waals surface area contributed by atoms with Crippen LogP contribution in [-0.2, 0) is 4.79 Å². The number of hydrogen-bond acceptors (Lipinski definition) is 5. The number of hydrogen-bond donors (Lipinski definition) is 0. The summed E-state index contributed by atoms with van der Waals surface area (Å²) in [5.74, 6) is 0.706. The van der Waals surface area contributed by atoms with E-state index in [1.54, 1.807) is 12.0 Å². The molecule has 0 saturated carbocycles. The van der Waals surface area contributed by atoms with E-state index in [1.807, 2.05) is 65.5 Å². The zero-order valence-corrected chi connectivity index (χ0v) is 21.0. The summed E-state index contributed by atoms with van der Waals surface area (Å²) in [5.41, 5.74) is 3.48. The minimum Gasteiger partial charge on any atom is -0.496 e. The van der Waals surface area contributed by atoms with Crippen LogP contribution in [0.15, 0.2) is 64.1 Å². The van der Waals surface area contributed by atoms with Gasteiger partial charge in [-0.15, -0.1) is 0 Å². The summed E-state index contributed by atoms with van der Waals surface area (Å²) in [6.45, 7) is 2.75. The fraction of sp³-hybridized carbons (Fsp3) is 0.208. The van der Waals surface area contributed by atoms with E-state index in [-0.39, 0.29) is 5.91 Å². The number of aromatic nitrogens is 2. The standard InChI is InChI=1S/C24H22BrN3O2S2/c1-3-4-12-27-23(29)21(32-24(27)31)14-17-15-28(18-8-6-5-7-9-18)26-22(17)16-10-11-20(30-2)19(25)13-16/h5-11,13-15H,3-4,12H2,1-2H3/b21-14+. The predicted molar refractivity (Wildman–Crippen MR) is 138 cm³/mol. The number of para-hydroxylation sites is 1. The minimum atomic E-state index is -0.0391. The maximum atomic E-state index is 13.0. The normalized spacial score (nSPS) is 15.1. The van der Waals surface area contributed by atoms with Crippen molar-refractivity contribution in [3.63, 3.8) is 0 Å². The van der Waals surface area contributed by atoms with Crippen molar-refractivity contribution >= 4 is 56.2 Å². The SMILES string of the molecule is CCCCN1C(=O)/C(=C\c2cn(-c3ccccc3)nc2-c2ccc(OC)c(Br)c2)SC1=S. The molecule has 2 heterocycles. The Balaban J connectivity index is 1.78. The van der Waals surface area contributed by atoms with Crippen molar-refractivity contribution in [1.29, 1.82) is 0 Å². The third-order valence-corrected chi connectivity index (χ3v) is 7.08. The van der Waals surface area contributed by atoms with Gasteiger partial charge < -0.3 is 4.74 Å². The zero-order valence-electron chi connectivity index (χ0n) is 17.7. The average Bonchev–Trinajstić information content (AvgIpc) is 3.34. The Hall–Kier alpha value is -2.42. The quantitative estimate of drug-likeness (QED) is 0.266. The van der Waals surface area contributed by atoms with Crippen molar-refractivity contribution in [2.75, 3.05) is 13.7 Å². The van der Waals surface area contributed by atoms with Gasteiger partial charge in [-0.05, 0) is 58.8 Å². The van der Waals surface area contributed by atoms with E-state index in [0.29, 0.717) is 15.8 Å². The van der Waals surface area contributed by atoms with E-state index in [4.69, 9.17) is 22.1 Å². The molecule has 0 unspecified atom stereocenters. The van der Waals surface area contributed by atoms with E-state index in [1.165, 1.54) is 11.8 Å². The summed E-state index contributed by atoms with van der Waals surface area (Å²) in [6.07, 6.45) is 5.78. The van der Waals surface area contributed by atoms with Crippen LogP contribution in [-0.4, -0.2) is 38.6 Å². The van der Waals surface area contributed by atoms with E-state index >= 15 is 0 Å². The highest BCUT2D eigenvalue weighted by Gasteiger charge is 2.31. The fourth-order valence-electron chi connectivity index (χ4n) is 3.39. The van der Waals surface area contributed by atoms with Gasteiger partial charge in [0.1, 0.15) is 15.8 Å². The first-order valence-corrected chi connectivity index (χ1v) is 12.3. The molecule has 164 valence electrons. The van der Waals surface area contributed by atoms with Gasteiger partial charge in [-0.1, -0.05) is 55.5 Å². The first kappa shape index (κ1) is 22.8. The van der Waals surface area contributed by atoms with Gasteiger partial charge in [0, 0.05) is 23.9 Å². The Labute approximate surface area is 205 Å². The van der Waals surface area contributed by atoms with Crippen molar-refractivity contribution < 1.29 is 9.53 Å². The van der Waals surface area contributed by atoms with Crippen LogP contribution in [0.5, 0.6) is 5.75 Å². The molecule has 3 aromatic rings. The number of thiocarbonyl (C=S) groups is 1. The molecule has 1 saturated heterocycles. The molecule has 32 heavy (non-hydrogen) atoms. The first-order chi connectivity index (χ1) is 15.5. The molecule has 0 radical (unpaired) electrons. The number of benzene rings is 2. The third-order valence-electron chi connectivity index (χ3n) is 5.08. The molecule has 0 atom stereocenters. The lowest BCUT2D eigenvalue weighted by atomic mass is 10.1. The summed E-state index contributed by atoms with van der Waals surface area (Å²) < 4.78 is 8.64. The molecule has 1 aliphatic heterocycles. The van der Waals surface area contributed by atoms with Gasteiger partial charge in [-0.2, -0.15) is 5.10 Å². The number of amides is 1. The van der Waals surface area contributed by atoms with Crippen LogP contribution < -0.4 is 4.74 Å². The highest BCUT2D eigenvalue weighted by molar-refractivity contribution is 9.10. The lowest BCUT2D eigenvalue weighted by Crippen LogP contribution is -2.28. The highest BCUT2D eigenvalue weighted by atomic mass is 79.9. The molecule has 4 rings (SSSR count). The molecule has 1 fully saturated rings. The second-order valence-corrected chi connectivity index (χ2v) is 9.78. The molecule has 8 heteroatoms. The second-order valence-electron chi connectivity index (χ2n) is 7.25. The monoisotopic (exact) mass is 527 g/mol. The van der Waals surface area contributed by atoms with Crippen molar-refractivity contribution in [2.45, 2.75) is 19.8 Å². The van der Waals surface area contributed by atoms with Crippen LogP contribution in [0, 0.1) is 0 Å². The van der Waals surface area contributed by atoms with Gasteiger partial charge >= 0.3 is 0 Å². The molecule has 2 aromatic carbocycles. The summed E-state index contributed by atoms with van der Waals surface area (Å²) in [7, 11) is 1.63. The zero-order chi connectivity index (χ0) is 22.7. The Kier molecular flexibility index (Phi) is 7.13. The third kappa shape index (κ3) is 4.67. The summed E-state index contributed by atoms with van der Waals surface area (Å²) in [5, 5.41) is 4.85. The lowest BCUT2D eigenvalue weighted by Gasteiger charge is -2.12. The number of ether oxygens (including phenoxy) is 1. The van der Waals surface area contributed by atoms with Crippen LogP contribution >= 0.6 is 39.9 Å². The number of unbranched alkanes of at least 4 members (excludes halogenated alkanes) is 1. The van der Waals surface area contributed by atoms with E-state index < -0.39 is 0 Å². The topological polar surface area (TPSA) is 47.4 Å². The molecule has 1 aromatic heterocycles. The summed E-state index contributed by atoms with van der Waals surface area (Å²) >= 11 is 10.4. The molecule has 0 bridgehead atoms. The largest absolute Gasteiger partial charge is 0.496 e. The molecule has 1 aliphatic rings. The van der Waals surface area contributed by atoms with Crippen LogP contribution in [0.4, 0.5) is 0 Å². The van der Waals surface area contributed by atoms with Crippen LogP contribution in [0.3, 0.4) is 0 Å². The summed E-state index contributed by atoms with van der Waals surface area (Å²) in [4.78, 5) is 15.3. The maximum Gasteiger partial charge on any atom is 0.266 e. The second kappa shape index (κ2) is 10.0. The number of carbonyl (C=O) groups is 1. The number of thioether (sulfide) groups is 1. The van der Waals surface area contributed by atoms with Crippen LogP contribution in [0.2, 0.25) is 0 Å². The van der Waals surface area contributed by atoms with Crippen LogP contribution in [0.1, 0.15) is 25.3 Å². The first-order valence-electron chi connectivity index (χ1n) is 10.3. The van der Waals surface area contributed by atoms with Crippen molar-refractivity contribution in [1.82, 2.24) is 14.7 Å². The predicted octanol–water partition coefficient (Wildman–Crippen LogP) is 6.31. The van der Waals surface area contributed by atoms with Crippen molar-refractivity contribution in [3.05, 3.63) is 69.7 Å². The molecule has 0 spiro atoms. The molecular weight excluding hydrogens is 506 g/mol. The van der Waals surface area contributed by atoms with Gasteiger partial charge in [-0.3, -0.25) is 9.69 Å². The van der Waals surface area contributed by atoms with Crippen molar-refractivity contribution in [2.24, 2.45) is 0 Å². The molecule has 5 nitrogen and oxygen atoms in total. The van der Waals surface area contributed by atoms with E-state index in [2.05, 4.69) is 22.9 Å². The van der Waals surface area contributed by atoms with E-state index in [0.717, 1.165) is 45.6 Å². The number of carbonyl (C=O) groups excluding carboxylic acids is 1. The van der Waals surface area contributed by atoms with Gasteiger partial charge in [0.05, 0.1) is 22.2 Å². The molecular formula is C24H22BrN3O2S2. The van der Waals surface area contributed by atoms with Gasteiger partial charge in [0.2, 0.25) is 0 Å². The van der Waals surface area contributed by atoms with Crippen molar-refractivity contribution in [3.8, 4) is 22.7 Å². The van der Waals surface area contributed by atoms with Crippen LogP contribution in [0.25, 0.3) is 23.0 Å². The number of halogens is 1. The summed E-state index contributed by atoms with van der Waals surface area (Å²) in [6, 6.07) is 15.7. The lowest BCUT2D eigenvalue weighted by molar-refractivity contribution is -0.122. The minimum absolute atomic E-state index is 0.0391. The van der Waals surface area contributed by atoms with Gasteiger partial charge in [0.25, 0.3) is 5.91 Å². The number of nitrogens with zero attached hydrogens (tertiary/aromatic N) is 3. The Bertz CT molecular complexity index is 1190. The van der Waals surface area contributed by atoms with E-state index in [9.17, 15) is 4.79 Å². The average molecular weight is 528 g/mol. The Morgan fingerprint density at radius 1 is 1.22 bits per heavy atom. The Morgan fingerprint density at radius 3 is 2.69 bits per heavy atom. The fourth-order valence-corrected chi connectivity index (χ4v) is 5.23. The molecule has 1 amide bonds. The molecule has 0 N–H and O–H groups in total. The maximum absolute atomic E-state index is 13.0. The smallest absolute Gasteiger partial charge is 0.266 e. The highest BCUT2D eigenvalue weighted by Crippen LogP contribution is 2.36. The molecule has 0 aliphatic carbocycles. The number of methoxy groups -OCH3 is 1. The van der Waals surface area contributed by atoms with Gasteiger partial charge in [-0.25, -0.2) is 4.68 Å². The van der Waals surface area contributed by atoms with Gasteiger partial charge in [0.15, 0.2) is 0 Å². The Morgan fingerprint density at radius 2 is 2.00 bits per heavy atom. The number of rotatable bonds is 7.